The first-order valence-corrected chi connectivity index (χ1v) is 4.25. The molecule has 0 atom stereocenters. The minimum absolute atomic E-state index is 0. The molecular weight excluding hydrogens is 204 g/mol. The normalized spacial score (nSPS) is 15.5. The zero-order valence-electron chi connectivity index (χ0n) is 7.86. The highest BCUT2D eigenvalue weighted by molar-refractivity contribution is 5.92. The molecule has 14 heavy (non-hydrogen) atoms. The smallest absolute Gasteiger partial charge is 0.231 e. The number of hydrogen-bond donors (Lipinski definition) is 2. The first-order valence-electron chi connectivity index (χ1n) is 4.25. The third kappa shape index (κ3) is 2.24. The lowest BCUT2D eigenvalue weighted by atomic mass is 10.0. The second kappa shape index (κ2) is 4.43. The molecular formula is C8H13ClN4O. The molecule has 1 aromatic rings. The van der Waals surface area contributed by atoms with Gasteiger partial charge in [0, 0.05) is 26.3 Å². The number of nitrogens with one attached hydrogen (secondary N) is 2. The first kappa shape index (κ1) is 11.0. The summed E-state index contributed by atoms with van der Waals surface area (Å²) in [6.45, 7) is 1.55. The van der Waals surface area contributed by atoms with Gasteiger partial charge in [-0.15, -0.1) is 12.4 Å². The number of rotatable bonds is 2. The molecule has 0 spiro atoms. The Balaban J connectivity index is 0.000000980. The largest absolute Gasteiger partial charge is 0.338 e. The van der Waals surface area contributed by atoms with Crippen molar-refractivity contribution >= 4 is 24.1 Å². The van der Waals surface area contributed by atoms with E-state index in [1.165, 1.54) is 0 Å². The summed E-state index contributed by atoms with van der Waals surface area (Å²) in [4.78, 5) is 15.4. The van der Waals surface area contributed by atoms with E-state index in [4.69, 9.17) is 0 Å². The van der Waals surface area contributed by atoms with Crippen LogP contribution in [-0.2, 0) is 11.8 Å². The number of amides is 1. The lowest BCUT2D eigenvalue weighted by Gasteiger charge is -2.25. The molecule has 1 aliphatic heterocycles. The molecule has 0 aromatic carbocycles. The Hall–Kier alpha value is -1.07. The number of imidazole rings is 1. The Bertz CT molecular complexity index is 321. The van der Waals surface area contributed by atoms with E-state index < -0.39 is 0 Å². The number of nitrogens with zero attached hydrogens (tertiary/aromatic N) is 2. The van der Waals surface area contributed by atoms with Gasteiger partial charge in [0.05, 0.1) is 12.2 Å². The van der Waals surface area contributed by atoms with Crippen molar-refractivity contribution in [3.05, 3.63) is 12.5 Å². The van der Waals surface area contributed by atoms with Crippen molar-refractivity contribution in [1.29, 1.82) is 0 Å². The number of aryl methyl sites for hydroxylation is 1. The SMILES string of the molecule is Cl.Cn1cnc(NC(=O)C2CNC2)c1. The molecule has 2 rings (SSSR count). The van der Waals surface area contributed by atoms with Crippen LogP contribution in [0, 0.1) is 5.92 Å². The molecule has 0 bridgehead atoms. The number of hydrogen-bond acceptors (Lipinski definition) is 3. The third-order valence-corrected chi connectivity index (χ3v) is 2.11. The minimum atomic E-state index is 0. The van der Waals surface area contributed by atoms with Crippen molar-refractivity contribution in [2.24, 2.45) is 13.0 Å². The number of halogens is 1. The minimum Gasteiger partial charge on any atom is -0.338 e. The fourth-order valence-electron chi connectivity index (χ4n) is 1.18. The summed E-state index contributed by atoms with van der Waals surface area (Å²) in [5.41, 5.74) is 0. The highest BCUT2D eigenvalue weighted by Crippen LogP contribution is 2.07. The Morgan fingerprint density at radius 2 is 2.43 bits per heavy atom. The van der Waals surface area contributed by atoms with E-state index in [2.05, 4.69) is 15.6 Å². The van der Waals surface area contributed by atoms with E-state index in [1.54, 1.807) is 17.1 Å². The van der Waals surface area contributed by atoms with E-state index in [9.17, 15) is 4.79 Å². The average molecular weight is 217 g/mol. The van der Waals surface area contributed by atoms with Crippen LogP contribution in [0.4, 0.5) is 5.82 Å². The van der Waals surface area contributed by atoms with Gasteiger partial charge < -0.3 is 15.2 Å². The standard InChI is InChI=1S/C8H12N4O.ClH/c1-12-4-7(10-5-12)11-8(13)6-2-9-3-6;/h4-6,9H,2-3H2,1H3,(H,11,13);1H. The van der Waals surface area contributed by atoms with Crippen LogP contribution in [0.3, 0.4) is 0 Å². The van der Waals surface area contributed by atoms with Crippen molar-refractivity contribution in [1.82, 2.24) is 14.9 Å². The Morgan fingerprint density at radius 3 is 2.86 bits per heavy atom. The molecule has 1 aromatic heterocycles. The highest BCUT2D eigenvalue weighted by atomic mass is 35.5. The van der Waals surface area contributed by atoms with Crippen molar-refractivity contribution in [3.8, 4) is 0 Å². The molecule has 0 unspecified atom stereocenters. The van der Waals surface area contributed by atoms with Gasteiger partial charge in [-0.2, -0.15) is 0 Å². The summed E-state index contributed by atoms with van der Waals surface area (Å²) in [7, 11) is 1.87. The van der Waals surface area contributed by atoms with Gasteiger partial charge in [0.1, 0.15) is 0 Å². The fraction of sp³-hybridized carbons (Fsp3) is 0.500. The molecule has 2 heterocycles. The maximum absolute atomic E-state index is 11.4. The van der Waals surface area contributed by atoms with Crippen LogP contribution >= 0.6 is 12.4 Å². The monoisotopic (exact) mass is 216 g/mol. The fourth-order valence-corrected chi connectivity index (χ4v) is 1.18. The van der Waals surface area contributed by atoms with Crippen molar-refractivity contribution in [2.45, 2.75) is 0 Å². The predicted molar refractivity (Wildman–Crippen MR) is 55.4 cm³/mol. The summed E-state index contributed by atoms with van der Waals surface area (Å²) in [6.07, 6.45) is 3.44. The molecule has 2 N–H and O–H groups in total. The van der Waals surface area contributed by atoms with Crippen molar-refractivity contribution in [3.63, 3.8) is 0 Å². The van der Waals surface area contributed by atoms with Crippen LogP contribution in [0.15, 0.2) is 12.5 Å². The van der Waals surface area contributed by atoms with Gasteiger partial charge in [0.15, 0.2) is 5.82 Å². The molecule has 0 saturated carbocycles. The molecule has 5 nitrogen and oxygen atoms in total. The molecule has 1 aliphatic rings. The van der Waals surface area contributed by atoms with Crippen molar-refractivity contribution in [2.75, 3.05) is 18.4 Å². The zero-order chi connectivity index (χ0) is 9.26. The van der Waals surface area contributed by atoms with E-state index in [-0.39, 0.29) is 24.2 Å². The Kier molecular flexibility index (Phi) is 3.49. The van der Waals surface area contributed by atoms with Gasteiger partial charge >= 0.3 is 0 Å². The van der Waals surface area contributed by atoms with E-state index >= 15 is 0 Å². The average Bonchev–Trinajstić information content (AvgIpc) is 2.31. The third-order valence-electron chi connectivity index (χ3n) is 2.11. The van der Waals surface area contributed by atoms with Gasteiger partial charge in [0.25, 0.3) is 0 Å². The molecule has 6 heteroatoms. The highest BCUT2D eigenvalue weighted by Gasteiger charge is 2.24. The molecule has 1 amide bonds. The maximum atomic E-state index is 11.4. The number of carbonyl (C=O) groups is 1. The lowest BCUT2D eigenvalue weighted by molar-refractivity contribution is -0.121. The van der Waals surface area contributed by atoms with Crippen LogP contribution < -0.4 is 10.6 Å². The topological polar surface area (TPSA) is 59.0 Å². The first-order chi connectivity index (χ1) is 6.25. The molecule has 0 aliphatic carbocycles. The quantitative estimate of drug-likeness (QED) is 0.732. The van der Waals surface area contributed by atoms with Crippen LogP contribution in [0.25, 0.3) is 0 Å². The number of anilines is 1. The predicted octanol–water partition coefficient (Wildman–Crippen LogP) is -0.000200. The van der Waals surface area contributed by atoms with Gasteiger partial charge in [-0.1, -0.05) is 0 Å². The zero-order valence-corrected chi connectivity index (χ0v) is 8.67. The van der Waals surface area contributed by atoms with Gasteiger partial charge in [-0.25, -0.2) is 4.98 Å². The lowest BCUT2D eigenvalue weighted by Crippen LogP contribution is -2.48. The van der Waals surface area contributed by atoms with Gasteiger partial charge in [0.2, 0.25) is 5.91 Å². The molecule has 0 radical (unpaired) electrons. The van der Waals surface area contributed by atoms with E-state index in [0.29, 0.717) is 5.82 Å². The molecule has 78 valence electrons. The maximum Gasteiger partial charge on any atom is 0.231 e. The van der Waals surface area contributed by atoms with Crippen LogP contribution in [-0.4, -0.2) is 28.5 Å². The number of carbonyl (C=O) groups excluding carboxylic acids is 1. The summed E-state index contributed by atoms with van der Waals surface area (Å²) in [5.74, 6) is 0.791. The Labute approximate surface area is 88.3 Å². The summed E-state index contributed by atoms with van der Waals surface area (Å²) < 4.78 is 1.80. The summed E-state index contributed by atoms with van der Waals surface area (Å²) >= 11 is 0. The van der Waals surface area contributed by atoms with E-state index in [1.807, 2.05) is 7.05 Å². The van der Waals surface area contributed by atoms with Crippen LogP contribution in [0.1, 0.15) is 0 Å². The second-order valence-corrected chi connectivity index (χ2v) is 3.27. The van der Waals surface area contributed by atoms with Crippen LogP contribution in [0.5, 0.6) is 0 Å². The van der Waals surface area contributed by atoms with E-state index in [0.717, 1.165) is 13.1 Å². The van der Waals surface area contributed by atoms with Gasteiger partial charge in [-0.05, 0) is 0 Å². The summed E-state index contributed by atoms with van der Waals surface area (Å²) in [5, 5.41) is 5.80. The molecule has 1 fully saturated rings. The number of aromatic nitrogens is 2. The van der Waals surface area contributed by atoms with Gasteiger partial charge in [-0.3, -0.25) is 4.79 Å². The summed E-state index contributed by atoms with van der Waals surface area (Å²) in [6, 6.07) is 0. The van der Waals surface area contributed by atoms with Crippen molar-refractivity contribution < 1.29 is 4.79 Å². The Morgan fingerprint density at radius 1 is 1.71 bits per heavy atom. The molecule has 1 saturated heterocycles. The second-order valence-electron chi connectivity index (χ2n) is 3.27. The van der Waals surface area contributed by atoms with Crippen LogP contribution in [0.2, 0.25) is 0 Å².